The maximum absolute atomic E-state index is 12.0. The molecular weight excluding hydrogens is 216 g/mol. The number of nitrogens with zero attached hydrogens (tertiary/aromatic N) is 1. The van der Waals surface area contributed by atoms with Crippen molar-refractivity contribution in [2.24, 2.45) is 5.92 Å². The van der Waals surface area contributed by atoms with Gasteiger partial charge >= 0.3 is 0 Å². The molecule has 1 saturated heterocycles. The Bertz CT molecular complexity index is 359. The summed E-state index contributed by atoms with van der Waals surface area (Å²) >= 11 is 0. The average Bonchev–Trinajstić information content (AvgIpc) is 2.40. The monoisotopic (exact) mass is 234 g/mol. The van der Waals surface area contributed by atoms with Crippen molar-refractivity contribution in [2.45, 2.75) is 12.8 Å². The summed E-state index contributed by atoms with van der Waals surface area (Å²) in [6.07, 6.45) is 1.71. The van der Waals surface area contributed by atoms with E-state index in [2.05, 4.69) is 5.32 Å². The molecule has 1 heterocycles. The summed E-state index contributed by atoms with van der Waals surface area (Å²) in [5, 5.41) is 4.84. The van der Waals surface area contributed by atoms with Gasteiger partial charge in [-0.15, -0.1) is 0 Å². The molecule has 92 valence electrons. The number of benzene rings is 1. The fourth-order valence-electron chi connectivity index (χ4n) is 2.07. The Morgan fingerprint density at radius 2 is 1.94 bits per heavy atom. The van der Waals surface area contributed by atoms with E-state index in [9.17, 15) is 4.79 Å². The van der Waals surface area contributed by atoms with Crippen molar-refractivity contribution in [2.75, 3.05) is 25.5 Å². The van der Waals surface area contributed by atoms with E-state index in [0.29, 0.717) is 0 Å². The number of nitrogens with one attached hydrogen (secondary N) is 1. The first-order chi connectivity index (χ1) is 8.29. The molecule has 1 aromatic rings. The highest BCUT2D eigenvalue weighted by molar-refractivity contribution is 5.92. The molecule has 17 heavy (non-hydrogen) atoms. The predicted octanol–water partition coefficient (Wildman–Crippen LogP) is 1.90. The van der Waals surface area contributed by atoms with Gasteiger partial charge in [-0.05, 0) is 25.0 Å². The molecule has 1 amide bonds. The van der Waals surface area contributed by atoms with Crippen LogP contribution in [0.25, 0.3) is 0 Å². The lowest BCUT2D eigenvalue weighted by Gasteiger charge is -2.29. The molecule has 0 unspecified atom stereocenters. The molecule has 4 nitrogen and oxygen atoms in total. The van der Waals surface area contributed by atoms with Gasteiger partial charge < -0.3 is 10.2 Å². The van der Waals surface area contributed by atoms with E-state index >= 15 is 0 Å². The van der Waals surface area contributed by atoms with Crippen LogP contribution >= 0.6 is 0 Å². The normalized spacial score (nSPS) is 17.9. The van der Waals surface area contributed by atoms with E-state index < -0.39 is 0 Å². The number of para-hydroxylation sites is 1. The third-order valence-electron chi connectivity index (χ3n) is 3.12. The van der Waals surface area contributed by atoms with Gasteiger partial charge in [0.2, 0.25) is 5.91 Å². The molecule has 1 aromatic carbocycles. The van der Waals surface area contributed by atoms with E-state index in [1.54, 1.807) is 7.11 Å². The smallest absolute Gasteiger partial charge is 0.227 e. The van der Waals surface area contributed by atoms with Crippen molar-refractivity contribution in [1.29, 1.82) is 0 Å². The highest BCUT2D eigenvalue weighted by Gasteiger charge is 2.24. The molecule has 0 bridgehead atoms. The largest absolute Gasteiger partial charge is 0.326 e. The number of hydroxylamine groups is 2. The van der Waals surface area contributed by atoms with E-state index in [1.807, 2.05) is 35.4 Å². The Kier molecular flexibility index (Phi) is 4.12. The first-order valence-electron chi connectivity index (χ1n) is 5.94. The summed E-state index contributed by atoms with van der Waals surface area (Å²) in [7, 11) is 1.67. The van der Waals surface area contributed by atoms with E-state index in [-0.39, 0.29) is 11.8 Å². The minimum absolute atomic E-state index is 0.0987. The molecule has 4 heteroatoms. The van der Waals surface area contributed by atoms with Gasteiger partial charge in [0.05, 0.1) is 7.11 Å². The Balaban J connectivity index is 1.85. The summed E-state index contributed by atoms with van der Waals surface area (Å²) in [6.45, 7) is 1.65. The molecule has 0 atom stereocenters. The van der Waals surface area contributed by atoms with Crippen molar-refractivity contribution in [1.82, 2.24) is 5.06 Å². The zero-order valence-corrected chi connectivity index (χ0v) is 10.1. The van der Waals surface area contributed by atoms with Gasteiger partial charge in [-0.25, -0.2) is 0 Å². The molecule has 1 N–H and O–H groups in total. The predicted molar refractivity (Wildman–Crippen MR) is 66.4 cm³/mol. The summed E-state index contributed by atoms with van der Waals surface area (Å²) < 4.78 is 0. The fourth-order valence-corrected chi connectivity index (χ4v) is 2.07. The first-order valence-corrected chi connectivity index (χ1v) is 5.94. The Labute approximate surface area is 102 Å². The lowest BCUT2D eigenvalue weighted by molar-refractivity contribution is -0.152. The number of rotatable bonds is 3. The minimum Gasteiger partial charge on any atom is -0.326 e. The van der Waals surface area contributed by atoms with Crippen molar-refractivity contribution in [3.63, 3.8) is 0 Å². The third kappa shape index (κ3) is 3.28. The zero-order chi connectivity index (χ0) is 12.1. The summed E-state index contributed by atoms with van der Waals surface area (Å²) in [5.74, 6) is 0.216. The van der Waals surface area contributed by atoms with Gasteiger partial charge in [0, 0.05) is 24.7 Å². The van der Waals surface area contributed by atoms with Crippen molar-refractivity contribution >= 4 is 11.6 Å². The second-order valence-electron chi connectivity index (χ2n) is 4.24. The van der Waals surface area contributed by atoms with Crippen LogP contribution in [0.3, 0.4) is 0 Å². The van der Waals surface area contributed by atoms with Crippen LogP contribution in [0.4, 0.5) is 5.69 Å². The summed E-state index contributed by atoms with van der Waals surface area (Å²) in [5.41, 5.74) is 0.867. The Hall–Kier alpha value is -1.39. The van der Waals surface area contributed by atoms with Crippen LogP contribution in [-0.4, -0.2) is 31.2 Å². The highest BCUT2D eigenvalue weighted by atomic mass is 16.7. The van der Waals surface area contributed by atoms with Crippen LogP contribution < -0.4 is 5.32 Å². The molecule has 2 rings (SSSR count). The number of hydrogen-bond donors (Lipinski definition) is 1. The number of amides is 1. The molecule has 0 radical (unpaired) electrons. The number of carbonyl (C=O) groups excluding carboxylic acids is 1. The van der Waals surface area contributed by atoms with E-state index in [0.717, 1.165) is 31.6 Å². The van der Waals surface area contributed by atoms with Gasteiger partial charge in [-0.1, -0.05) is 18.2 Å². The van der Waals surface area contributed by atoms with Gasteiger partial charge in [-0.3, -0.25) is 4.79 Å². The first kappa shape index (κ1) is 12.1. The van der Waals surface area contributed by atoms with Crippen LogP contribution in [-0.2, 0) is 9.63 Å². The SMILES string of the molecule is CON1CCC(C(=O)Nc2ccccc2)CC1. The molecule has 1 aliphatic rings. The van der Waals surface area contributed by atoms with Crippen LogP contribution in [0.1, 0.15) is 12.8 Å². The quantitative estimate of drug-likeness (QED) is 0.868. The maximum atomic E-state index is 12.0. The lowest BCUT2D eigenvalue weighted by atomic mass is 9.97. The average molecular weight is 234 g/mol. The summed E-state index contributed by atoms with van der Waals surface area (Å²) in [6, 6.07) is 9.59. The second kappa shape index (κ2) is 5.80. The zero-order valence-electron chi connectivity index (χ0n) is 10.1. The number of piperidine rings is 1. The second-order valence-corrected chi connectivity index (χ2v) is 4.24. The number of anilines is 1. The van der Waals surface area contributed by atoms with E-state index in [4.69, 9.17) is 4.84 Å². The standard InChI is InChI=1S/C13H18N2O2/c1-17-15-9-7-11(8-10-15)13(16)14-12-5-3-2-4-6-12/h2-6,11H,7-10H2,1H3,(H,14,16). The van der Waals surface area contributed by atoms with Gasteiger partial charge in [0.15, 0.2) is 0 Å². The topological polar surface area (TPSA) is 41.6 Å². The van der Waals surface area contributed by atoms with Crippen LogP contribution in [0, 0.1) is 5.92 Å². The Morgan fingerprint density at radius 1 is 1.29 bits per heavy atom. The van der Waals surface area contributed by atoms with Gasteiger partial charge in [-0.2, -0.15) is 5.06 Å². The van der Waals surface area contributed by atoms with Gasteiger partial charge in [0.25, 0.3) is 0 Å². The number of hydrogen-bond acceptors (Lipinski definition) is 3. The third-order valence-corrected chi connectivity index (χ3v) is 3.12. The molecule has 0 aliphatic carbocycles. The summed E-state index contributed by atoms with van der Waals surface area (Å²) in [4.78, 5) is 17.1. The Morgan fingerprint density at radius 3 is 2.53 bits per heavy atom. The number of carbonyl (C=O) groups is 1. The molecule has 0 aromatic heterocycles. The molecule has 1 aliphatic heterocycles. The van der Waals surface area contributed by atoms with Gasteiger partial charge in [0.1, 0.15) is 0 Å². The van der Waals surface area contributed by atoms with Crippen molar-refractivity contribution < 1.29 is 9.63 Å². The molecule has 0 saturated carbocycles. The maximum Gasteiger partial charge on any atom is 0.227 e. The van der Waals surface area contributed by atoms with Crippen LogP contribution in [0.15, 0.2) is 30.3 Å². The minimum atomic E-state index is 0.0987. The van der Waals surface area contributed by atoms with Crippen molar-refractivity contribution in [3.8, 4) is 0 Å². The highest BCUT2D eigenvalue weighted by Crippen LogP contribution is 2.19. The fraction of sp³-hybridized carbons (Fsp3) is 0.462. The molecule has 0 spiro atoms. The van der Waals surface area contributed by atoms with Crippen LogP contribution in [0.2, 0.25) is 0 Å². The van der Waals surface area contributed by atoms with Crippen molar-refractivity contribution in [3.05, 3.63) is 30.3 Å². The van der Waals surface area contributed by atoms with Crippen LogP contribution in [0.5, 0.6) is 0 Å². The molecular formula is C13H18N2O2. The lowest BCUT2D eigenvalue weighted by Crippen LogP contribution is -2.37. The molecule has 1 fully saturated rings. The van der Waals surface area contributed by atoms with E-state index in [1.165, 1.54) is 0 Å².